The molecule has 1 saturated heterocycles. The van der Waals surface area contributed by atoms with Gasteiger partial charge in [-0.2, -0.15) is 4.37 Å². The van der Waals surface area contributed by atoms with Gasteiger partial charge in [-0.15, -0.1) is 0 Å². The molecule has 1 aromatic heterocycles. The highest BCUT2D eigenvalue weighted by Gasteiger charge is 2.28. The van der Waals surface area contributed by atoms with Crippen LogP contribution in [0.4, 0.5) is 10.8 Å². The smallest absolute Gasteiger partial charge is 0.197 e. The number of nitrogen functional groups attached to an aromatic ring is 1. The van der Waals surface area contributed by atoms with Gasteiger partial charge in [0, 0.05) is 31.7 Å². The molecule has 0 atom stereocenters. The summed E-state index contributed by atoms with van der Waals surface area (Å²) in [6.45, 7) is 10.9. The van der Waals surface area contributed by atoms with Crippen LogP contribution < -0.4 is 15.4 Å². The van der Waals surface area contributed by atoms with Crippen molar-refractivity contribution in [3.63, 3.8) is 0 Å². The van der Waals surface area contributed by atoms with Crippen molar-refractivity contribution in [2.24, 2.45) is 0 Å². The van der Waals surface area contributed by atoms with E-state index in [0.717, 1.165) is 36.9 Å². The highest BCUT2D eigenvalue weighted by Crippen LogP contribution is 2.38. The van der Waals surface area contributed by atoms with E-state index in [2.05, 4.69) is 34.9 Å². The van der Waals surface area contributed by atoms with Gasteiger partial charge in [-0.05, 0) is 32.3 Å². The molecular weight excluding hydrogens is 248 g/mol. The van der Waals surface area contributed by atoms with Crippen LogP contribution >= 0.6 is 11.5 Å². The average Bonchev–Trinajstić information content (AvgIpc) is 2.69. The summed E-state index contributed by atoms with van der Waals surface area (Å²) in [5.41, 5.74) is 6.03. The molecule has 2 N–H and O–H groups in total. The summed E-state index contributed by atoms with van der Waals surface area (Å²) >= 11 is 1.42. The molecule has 2 rings (SSSR count). The van der Waals surface area contributed by atoms with Gasteiger partial charge >= 0.3 is 0 Å². The molecule has 0 aromatic carbocycles. The van der Waals surface area contributed by atoms with Gasteiger partial charge in [0.25, 0.3) is 0 Å². The Bertz CT molecular complexity index is 405. The summed E-state index contributed by atoms with van der Waals surface area (Å²) in [6, 6.07) is 0. The summed E-state index contributed by atoms with van der Waals surface area (Å²) in [4.78, 5) is 4.81. The summed E-state index contributed by atoms with van der Waals surface area (Å²) in [6.07, 6.45) is 0. The van der Waals surface area contributed by atoms with Crippen molar-refractivity contribution < 1.29 is 4.74 Å². The number of hydrogen-bond donors (Lipinski definition) is 1. The van der Waals surface area contributed by atoms with Gasteiger partial charge in [-0.25, -0.2) is 0 Å². The zero-order valence-corrected chi connectivity index (χ0v) is 12.4. The third-order valence-electron chi connectivity index (χ3n) is 3.38. The molecule has 0 bridgehead atoms. The van der Waals surface area contributed by atoms with Gasteiger partial charge in [0.15, 0.2) is 16.6 Å². The van der Waals surface area contributed by atoms with Crippen molar-refractivity contribution in [2.75, 3.05) is 43.9 Å². The van der Waals surface area contributed by atoms with E-state index in [4.69, 9.17) is 10.5 Å². The molecule has 5 nitrogen and oxygen atoms in total. The van der Waals surface area contributed by atoms with Crippen LogP contribution in [-0.2, 0) is 0 Å². The van der Waals surface area contributed by atoms with Crippen LogP contribution in [0.15, 0.2) is 0 Å². The molecule has 0 aliphatic carbocycles. The van der Waals surface area contributed by atoms with E-state index in [-0.39, 0.29) is 5.54 Å². The maximum atomic E-state index is 5.79. The highest BCUT2D eigenvalue weighted by atomic mass is 32.1. The van der Waals surface area contributed by atoms with Crippen LogP contribution in [0.5, 0.6) is 5.75 Å². The van der Waals surface area contributed by atoms with Crippen molar-refractivity contribution in [3.8, 4) is 5.75 Å². The lowest BCUT2D eigenvalue weighted by Gasteiger charge is -2.42. The predicted octanol–water partition coefficient (Wildman–Crippen LogP) is 1.65. The lowest BCUT2D eigenvalue weighted by Crippen LogP contribution is -2.53. The summed E-state index contributed by atoms with van der Waals surface area (Å²) in [5.74, 6) is 1.22. The van der Waals surface area contributed by atoms with Crippen molar-refractivity contribution in [1.29, 1.82) is 0 Å². The van der Waals surface area contributed by atoms with Crippen LogP contribution in [0, 0.1) is 0 Å². The third kappa shape index (κ3) is 2.54. The normalized spacial score (nSPS) is 18.1. The zero-order chi connectivity index (χ0) is 13.3. The number of piperazine rings is 1. The quantitative estimate of drug-likeness (QED) is 0.885. The number of aromatic nitrogens is 1. The fourth-order valence-corrected chi connectivity index (χ4v) is 3.10. The van der Waals surface area contributed by atoms with Gasteiger partial charge in [0.05, 0.1) is 7.11 Å². The number of hydrogen-bond acceptors (Lipinski definition) is 6. The minimum absolute atomic E-state index is 0.239. The maximum absolute atomic E-state index is 5.79. The number of ether oxygens (including phenoxy) is 1. The first-order valence-electron chi connectivity index (χ1n) is 6.22. The van der Waals surface area contributed by atoms with Crippen molar-refractivity contribution in [1.82, 2.24) is 9.27 Å². The van der Waals surface area contributed by atoms with E-state index < -0.39 is 0 Å². The highest BCUT2D eigenvalue weighted by molar-refractivity contribution is 7.11. The SMILES string of the molecule is COc1c(N)nsc1N1CCN(C(C)(C)C)CC1. The van der Waals surface area contributed by atoms with Crippen LogP contribution in [-0.4, -0.2) is 48.1 Å². The van der Waals surface area contributed by atoms with E-state index in [1.807, 2.05) is 0 Å². The second kappa shape index (κ2) is 4.93. The molecule has 1 fully saturated rings. The van der Waals surface area contributed by atoms with Crippen LogP contribution in [0.2, 0.25) is 0 Å². The molecular formula is C12H22N4OS. The Morgan fingerprint density at radius 3 is 2.33 bits per heavy atom. The summed E-state index contributed by atoms with van der Waals surface area (Å²) < 4.78 is 9.50. The molecule has 6 heteroatoms. The average molecular weight is 270 g/mol. The van der Waals surface area contributed by atoms with E-state index in [0.29, 0.717) is 5.82 Å². The molecule has 102 valence electrons. The van der Waals surface area contributed by atoms with E-state index in [1.54, 1.807) is 7.11 Å². The first-order chi connectivity index (χ1) is 8.43. The van der Waals surface area contributed by atoms with E-state index >= 15 is 0 Å². The number of nitrogens with zero attached hydrogens (tertiary/aromatic N) is 3. The molecule has 1 aromatic rings. The Labute approximate surface area is 113 Å². The Hall–Kier alpha value is -1.01. The van der Waals surface area contributed by atoms with Gasteiger partial charge in [0.1, 0.15) is 0 Å². The third-order valence-corrected chi connectivity index (χ3v) is 4.28. The Kier molecular flexibility index (Phi) is 3.68. The minimum Gasteiger partial charge on any atom is -0.490 e. The zero-order valence-electron chi connectivity index (χ0n) is 11.6. The van der Waals surface area contributed by atoms with Gasteiger partial charge in [0.2, 0.25) is 0 Å². The fraction of sp³-hybridized carbons (Fsp3) is 0.750. The second-order valence-corrected chi connectivity index (χ2v) is 6.30. The van der Waals surface area contributed by atoms with Crippen LogP contribution in [0.3, 0.4) is 0 Å². The maximum Gasteiger partial charge on any atom is 0.197 e. The fourth-order valence-electron chi connectivity index (χ4n) is 2.26. The molecule has 0 spiro atoms. The summed E-state index contributed by atoms with van der Waals surface area (Å²) in [5, 5.41) is 1.06. The monoisotopic (exact) mass is 270 g/mol. The van der Waals surface area contributed by atoms with Crippen molar-refractivity contribution >= 4 is 22.4 Å². The van der Waals surface area contributed by atoms with Crippen LogP contribution in [0.1, 0.15) is 20.8 Å². The van der Waals surface area contributed by atoms with Crippen molar-refractivity contribution in [3.05, 3.63) is 0 Å². The Balaban J connectivity index is 2.06. The standard InChI is InChI=1S/C12H22N4OS/c1-12(2,3)16-7-5-15(6-8-16)11-9(17-4)10(13)14-18-11/h5-8H2,1-4H3,(H2,13,14). The number of methoxy groups -OCH3 is 1. The Morgan fingerprint density at radius 2 is 1.83 bits per heavy atom. The largest absolute Gasteiger partial charge is 0.490 e. The molecule has 18 heavy (non-hydrogen) atoms. The minimum atomic E-state index is 0.239. The lowest BCUT2D eigenvalue weighted by molar-refractivity contribution is 0.128. The number of anilines is 2. The summed E-state index contributed by atoms with van der Waals surface area (Å²) in [7, 11) is 1.65. The topological polar surface area (TPSA) is 54.6 Å². The molecule has 0 radical (unpaired) electrons. The number of rotatable bonds is 2. The molecule has 1 aliphatic rings. The molecule has 0 unspecified atom stereocenters. The predicted molar refractivity (Wildman–Crippen MR) is 76.6 cm³/mol. The molecule has 1 aliphatic heterocycles. The number of nitrogens with two attached hydrogens (primary N) is 1. The first-order valence-corrected chi connectivity index (χ1v) is 7.00. The molecule has 2 heterocycles. The van der Waals surface area contributed by atoms with E-state index in [9.17, 15) is 0 Å². The van der Waals surface area contributed by atoms with Crippen LogP contribution in [0.25, 0.3) is 0 Å². The first kappa shape index (κ1) is 13.4. The molecule has 0 saturated carbocycles. The van der Waals surface area contributed by atoms with Gasteiger partial charge in [-0.3, -0.25) is 4.90 Å². The molecule has 0 amide bonds. The second-order valence-electron chi connectivity index (χ2n) is 5.55. The Morgan fingerprint density at radius 1 is 1.22 bits per heavy atom. The van der Waals surface area contributed by atoms with Crippen molar-refractivity contribution in [2.45, 2.75) is 26.3 Å². The lowest BCUT2D eigenvalue weighted by atomic mass is 10.1. The van der Waals surface area contributed by atoms with Gasteiger partial charge < -0.3 is 15.4 Å². The van der Waals surface area contributed by atoms with E-state index in [1.165, 1.54) is 11.5 Å². The van der Waals surface area contributed by atoms with Gasteiger partial charge in [-0.1, -0.05) is 0 Å².